The molecule has 1 unspecified atom stereocenters. The van der Waals surface area contributed by atoms with Crippen molar-refractivity contribution >= 4 is 35.6 Å². The van der Waals surface area contributed by atoms with Crippen LogP contribution in [-0.2, 0) is 6.42 Å². The number of benzene rings is 2. The Bertz CT molecular complexity index is 690. The first-order valence-corrected chi connectivity index (χ1v) is 9.15. The largest absolute Gasteiger partial charge is 0.495 e. The second-order valence-corrected chi connectivity index (χ2v) is 6.12. The van der Waals surface area contributed by atoms with Gasteiger partial charge >= 0.3 is 0 Å². The van der Waals surface area contributed by atoms with Crippen molar-refractivity contribution in [1.29, 1.82) is 0 Å². The van der Waals surface area contributed by atoms with Gasteiger partial charge in [0.2, 0.25) is 0 Å². The van der Waals surface area contributed by atoms with E-state index in [-0.39, 0.29) is 24.0 Å². The second kappa shape index (κ2) is 12.6. The van der Waals surface area contributed by atoms with E-state index in [1.165, 1.54) is 5.56 Å². The standard InChI is InChI=1S/C21H30N4O.HI/c1-4-25(5-2)18(15-17-11-7-6-8-12-17)16-23-21(22)24-19-13-9-10-14-20(19)26-3;/h6-14,18H,4-5,15-16H2,1-3H3,(H3,22,23,24);1H. The monoisotopic (exact) mass is 482 g/mol. The van der Waals surface area contributed by atoms with Crippen LogP contribution in [0.1, 0.15) is 19.4 Å². The molecule has 3 N–H and O–H groups in total. The van der Waals surface area contributed by atoms with Gasteiger partial charge in [-0.05, 0) is 37.2 Å². The maximum atomic E-state index is 6.12. The zero-order valence-corrected chi connectivity index (χ0v) is 18.7. The highest BCUT2D eigenvalue weighted by Crippen LogP contribution is 2.22. The molecule has 0 saturated carbocycles. The Balaban J connectivity index is 0.00000364. The Labute approximate surface area is 180 Å². The van der Waals surface area contributed by atoms with Gasteiger partial charge in [0.1, 0.15) is 5.75 Å². The van der Waals surface area contributed by atoms with Crippen LogP contribution in [0.5, 0.6) is 5.75 Å². The first-order chi connectivity index (χ1) is 12.7. The summed E-state index contributed by atoms with van der Waals surface area (Å²) in [4.78, 5) is 7.02. The molecule has 2 rings (SSSR count). The highest BCUT2D eigenvalue weighted by atomic mass is 127. The summed E-state index contributed by atoms with van der Waals surface area (Å²) >= 11 is 0. The number of likely N-dealkylation sites (N-methyl/N-ethyl adjacent to an activating group) is 1. The summed E-state index contributed by atoms with van der Waals surface area (Å²) in [6.45, 7) is 6.99. The fourth-order valence-corrected chi connectivity index (χ4v) is 3.06. The number of nitrogens with one attached hydrogen (secondary N) is 1. The average molecular weight is 482 g/mol. The van der Waals surface area contributed by atoms with E-state index in [0.717, 1.165) is 30.9 Å². The highest BCUT2D eigenvalue weighted by molar-refractivity contribution is 14.0. The molecule has 1 atom stereocenters. The van der Waals surface area contributed by atoms with Gasteiger partial charge in [-0.15, -0.1) is 24.0 Å². The summed E-state index contributed by atoms with van der Waals surface area (Å²) in [5, 5.41) is 3.14. The van der Waals surface area contributed by atoms with E-state index in [4.69, 9.17) is 10.5 Å². The highest BCUT2D eigenvalue weighted by Gasteiger charge is 2.16. The Morgan fingerprint density at radius 1 is 1.07 bits per heavy atom. The van der Waals surface area contributed by atoms with Crippen LogP contribution in [0.25, 0.3) is 0 Å². The third-order valence-electron chi connectivity index (χ3n) is 4.49. The first kappa shape index (κ1) is 23.2. The minimum atomic E-state index is 0. The van der Waals surface area contributed by atoms with E-state index in [0.29, 0.717) is 18.5 Å². The molecule has 0 aromatic heterocycles. The molecule has 0 aliphatic heterocycles. The number of nitrogens with zero attached hydrogens (tertiary/aromatic N) is 2. The maximum Gasteiger partial charge on any atom is 0.193 e. The Morgan fingerprint density at radius 2 is 1.70 bits per heavy atom. The number of hydrogen-bond acceptors (Lipinski definition) is 3. The van der Waals surface area contributed by atoms with Crippen LogP contribution < -0.4 is 15.8 Å². The first-order valence-electron chi connectivity index (χ1n) is 9.15. The predicted molar refractivity (Wildman–Crippen MR) is 125 cm³/mol. The molecule has 2 aromatic carbocycles. The van der Waals surface area contributed by atoms with Crippen molar-refractivity contribution in [2.45, 2.75) is 26.3 Å². The fraction of sp³-hybridized carbons (Fsp3) is 0.381. The van der Waals surface area contributed by atoms with Crippen molar-refractivity contribution in [2.24, 2.45) is 10.7 Å². The topological polar surface area (TPSA) is 62.9 Å². The van der Waals surface area contributed by atoms with Crippen LogP contribution in [0, 0.1) is 0 Å². The summed E-state index contributed by atoms with van der Waals surface area (Å²) in [5.41, 5.74) is 8.25. The summed E-state index contributed by atoms with van der Waals surface area (Å²) in [7, 11) is 1.64. The zero-order valence-electron chi connectivity index (χ0n) is 16.4. The van der Waals surface area contributed by atoms with Crippen molar-refractivity contribution in [2.75, 3.05) is 32.1 Å². The van der Waals surface area contributed by atoms with Crippen molar-refractivity contribution in [1.82, 2.24) is 4.90 Å². The Morgan fingerprint density at radius 3 is 2.33 bits per heavy atom. The molecule has 0 fully saturated rings. The number of methoxy groups -OCH3 is 1. The molecule has 5 nitrogen and oxygen atoms in total. The molecule has 2 aromatic rings. The number of ether oxygens (including phenoxy) is 1. The number of hydrogen-bond donors (Lipinski definition) is 2. The molecule has 0 heterocycles. The fourth-order valence-electron chi connectivity index (χ4n) is 3.06. The van der Waals surface area contributed by atoms with Gasteiger partial charge in [0, 0.05) is 6.04 Å². The molecule has 148 valence electrons. The number of rotatable bonds is 9. The lowest BCUT2D eigenvalue weighted by atomic mass is 10.0. The lowest BCUT2D eigenvalue weighted by Gasteiger charge is -2.28. The average Bonchev–Trinajstić information content (AvgIpc) is 2.68. The van der Waals surface area contributed by atoms with E-state index < -0.39 is 0 Å². The summed E-state index contributed by atoms with van der Waals surface area (Å²) in [5.74, 6) is 1.15. The molecular weight excluding hydrogens is 451 g/mol. The summed E-state index contributed by atoms with van der Waals surface area (Å²) in [6.07, 6.45) is 0.952. The number of aliphatic imine (C=N–C) groups is 1. The molecule has 0 radical (unpaired) electrons. The van der Waals surface area contributed by atoms with Gasteiger partial charge in [0.05, 0.1) is 19.3 Å². The van der Waals surface area contributed by atoms with E-state index in [9.17, 15) is 0 Å². The normalized spacial score (nSPS) is 12.4. The number of guanidine groups is 1. The van der Waals surface area contributed by atoms with E-state index in [1.54, 1.807) is 7.11 Å². The number of halogens is 1. The van der Waals surface area contributed by atoms with Crippen molar-refractivity contribution in [3.8, 4) is 5.75 Å². The summed E-state index contributed by atoms with van der Waals surface area (Å²) in [6, 6.07) is 18.5. The van der Waals surface area contributed by atoms with Gasteiger partial charge in [0.25, 0.3) is 0 Å². The second-order valence-electron chi connectivity index (χ2n) is 6.12. The van der Waals surface area contributed by atoms with Gasteiger partial charge in [0.15, 0.2) is 5.96 Å². The zero-order chi connectivity index (χ0) is 18.8. The van der Waals surface area contributed by atoms with Crippen molar-refractivity contribution < 1.29 is 4.74 Å². The van der Waals surface area contributed by atoms with E-state index in [1.807, 2.05) is 30.3 Å². The van der Waals surface area contributed by atoms with E-state index >= 15 is 0 Å². The third kappa shape index (κ3) is 7.38. The molecule has 0 spiro atoms. The number of para-hydroxylation sites is 2. The minimum absolute atomic E-state index is 0. The van der Waals surface area contributed by atoms with Crippen molar-refractivity contribution in [3.63, 3.8) is 0 Å². The Kier molecular flexibility index (Phi) is 10.8. The van der Waals surface area contributed by atoms with Crippen LogP contribution >= 0.6 is 24.0 Å². The van der Waals surface area contributed by atoms with Gasteiger partial charge in [-0.1, -0.05) is 56.3 Å². The molecule has 0 aliphatic carbocycles. The smallest absolute Gasteiger partial charge is 0.193 e. The minimum Gasteiger partial charge on any atom is -0.495 e. The quantitative estimate of drug-likeness (QED) is 0.322. The van der Waals surface area contributed by atoms with Crippen molar-refractivity contribution in [3.05, 3.63) is 60.2 Å². The molecule has 0 amide bonds. The van der Waals surface area contributed by atoms with Gasteiger partial charge < -0.3 is 15.8 Å². The molecule has 0 aliphatic rings. The SMILES string of the molecule is CCN(CC)C(CN=C(N)Nc1ccccc1OC)Cc1ccccc1.I. The molecule has 6 heteroatoms. The predicted octanol–water partition coefficient (Wildman–Crippen LogP) is 3.99. The van der Waals surface area contributed by atoms with Gasteiger partial charge in [-0.3, -0.25) is 9.89 Å². The number of nitrogens with two attached hydrogens (primary N) is 1. The maximum absolute atomic E-state index is 6.12. The van der Waals surface area contributed by atoms with Crippen LogP contribution in [0.4, 0.5) is 5.69 Å². The lowest BCUT2D eigenvalue weighted by Crippen LogP contribution is -2.39. The third-order valence-corrected chi connectivity index (χ3v) is 4.49. The van der Waals surface area contributed by atoms with Gasteiger partial charge in [-0.2, -0.15) is 0 Å². The Hall–Kier alpha value is -1.80. The molecule has 0 saturated heterocycles. The molecular formula is C21H31IN4O. The lowest BCUT2D eigenvalue weighted by molar-refractivity contribution is 0.220. The molecule has 0 bridgehead atoms. The van der Waals surface area contributed by atoms with Crippen LogP contribution in [0.15, 0.2) is 59.6 Å². The van der Waals surface area contributed by atoms with E-state index in [2.05, 4.69) is 53.3 Å². The van der Waals surface area contributed by atoms with Crippen LogP contribution in [0.2, 0.25) is 0 Å². The van der Waals surface area contributed by atoms with Crippen LogP contribution in [0.3, 0.4) is 0 Å². The molecule has 27 heavy (non-hydrogen) atoms. The van der Waals surface area contributed by atoms with Gasteiger partial charge in [-0.25, -0.2) is 0 Å². The van der Waals surface area contributed by atoms with Crippen LogP contribution in [-0.4, -0.2) is 43.6 Å². The summed E-state index contributed by atoms with van der Waals surface area (Å²) < 4.78 is 5.34. The number of anilines is 1.